The molecule has 2 atom stereocenters. The van der Waals surface area contributed by atoms with Crippen molar-refractivity contribution in [2.45, 2.75) is 44.4 Å². The standard InChI is InChI=1S/C9H17NO/c1-9-5-3-7-10(9)8(11-2)4-6-9/h8H,3-7H2,1-2H3. The van der Waals surface area contributed by atoms with Crippen molar-refractivity contribution in [3.05, 3.63) is 0 Å². The van der Waals surface area contributed by atoms with Crippen LogP contribution in [0.2, 0.25) is 0 Å². The molecule has 64 valence electrons. The number of ether oxygens (including phenoxy) is 1. The molecule has 2 unspecified atom stereocenters. The molecule has 0 aromatic rings. The minimum Gasteiger partial charge on any atom is -0.366 e. The molecule has 2 heteroatoms. The first-order valence-corrected chi connectivity index (χ1v) is 4.56. The highest BCUT2D eigenvalue weighted by molar-refractivity contribution is 4.98. The number of hydrogen-bond acceptors (Lipinski definition) is 2. The van der Waals surface area contributed by atoms with E-state index in [1.807, 2.05) is 7.11 Å². The first-order chi connectivity index (χ1) is 5.26. The SMILES string of the molecule is COC1CCC2(C)CCCN12. The van der Waals surface area contributed by atoms with Crippen LogP contribution in [0.5, 0.6) is 0 Å². The van der Waals surface area contributed by atoms with Crippen LogP contribution in [0.4, 0.5) is 0 Å². The third-order valence-corrected chi connectivity index (χ3v) is 3.36. The Balaban J connectivity index is 2.13. The molecule has 2 heterocycles. The predicted octanol–water partition coefficient (Wildman–Crippen LogP) is 1.61. The monoisotopic (exact) mass is 155 g/mol. The third-order valence-electron chi connectivity index (χ3n) is 3.36. The van der Waals surface area contributed by atoms with E-state index in [1.165, 1.54) is 32.2 Å². The Morgan fingerprint density at radius 2 is 2.27 bits per heavy atom. The summed E-state index contributed by atoms with van der Waals surface area (Å²) in [5, 5.41) is 0. The molecule has 0 saturated carbocycles. The van der Waals surface area contributed by atoms with E-state index in [0.29, 0.717) is 11.8 Å². The van der Waals surface area contributed by atoms with Gasteiger partial charge in [-0.2, -0.15) is 0 Å². The highest BCUT2D eigenvalue weighted by atomic mass is 16.5. The molecule has 2 aliphatic rings. The first-order valence-electron chi connectivity index (χ1n) is 4.56. The van der Waals surface area contributed by atoms with Crippen LogP contribution < -0.4 is 0 Å². The van der Waals surface area contributed by atoms with Gasteiger partial charge >= 0.3 is 0 Å². The second-order valence-electron chi connectivity index (χ2n) is 4.02. The van der Waals surface area contributed by atoms with Gasteiger partial charge in [-0.25, -0.2) is 0 Å². The minimum atomic E-state index is 0.419. The Morgan fingerprint density at radius 3 is 3.00 bits per heavy atom. The average molecular weight is 155 g/mol. The molecule has 2 rings (SSSR count). The molecule has 2 nitrogen and oxygen atoms in total. The smallest absolute Gasteiger partial charge is 0.110 e. The Kier molecular flexibility index (Phi) is 1.69. The lowest BCUT2D eigenvalue weighted by Crippen LogP contribution is -2.40. The van der Waals surface area contributed by atoms with Gasteiger partial charge in [-0.1, -0.05) is 0 Å². The van der Waals surface area contributed by atoms with Crippen molar-refractivity contribution in [2.75, 3.05) is 13.7 Å². The third kappa shape index (κ3) is 1.00. The van der Waals surface area contributed by atoms with E-state index < -0.39 is 0 Å². The number of rotatable bonds is 1. The molecular formula is C9H17NO. The molecule has 0 aromatic heterocycles. The molecule has 0 N–H and O–H groups in total. The normalized spacial score (nSPS) is 44.7. The van der Waals surface area contributed by atoms with Crippen LogP contribution in [0.15, 0.2) is 0 Å². The van der Waals surface area contributed by atoms with Gasteiger partial charge in [-0.3, -0.25) is 4.90 Å². The van der Waals surface area contributed by atoms with Crippen LogP contribution in [0, 0.1) is 0 Å². The van der Waals surface area contributed by atoms with Gasteiger partial charge < -0.3 is 4.74 Å². The van der Waals surface area contributed by atoms with Crippen molar-refractivity contribution in [3.63, 3.8) is 0 Å². The summed E-state index contributed by atoms with van der Waals surface area (Å²) in [5.41, 5.74) is 0.487. The second kappa shape index (κ2) is 2.46. The Morgan fingerprint density at radius 1 is 1.45 bits per heavy atom. The van der Waals surface area contributed by atoms with Crippen LogP contribution >= 0.6 is 0 Å². The average Bonchev–Trinajstić information content (AvgIpc) is 2.45. The highest BCUT2D eigenvalue weighted by Gasteiger charge is 2.45. The van der Waals surface area contributed by atoms with Gasteiger partial charge in [0.15, 0.2) is 0 Å². The van der Waals surface area contributed by atoms with Gasteiger partial charge in [0, 0.05) is 19.2 Å². The zero-order valence-electron chi connectivity index (χ0n) is 7.47. The quantitative estimate of drug-likeness (QED) is 0.570. The molecule has 2 fully saturated rings. The van der Waals surface area contributed by atoms with E-state index >= 15 is 0 Å². The fourth-order valence-corrected chi connectivity index (χ4v) is 2.64. The Bertz CT molecular complexity index is 160. The molecule has 0 aliphatic carbocycles. The van der Waals surface area contributed by atoms with Crippen LogP contribution in [-0.4, -0.2) is 30.3 Å². The van der Waals surface area contributed by atoms with E-state index in [2.05, 4.69) is 11.8 Å². The van der Waals surface area contributed by atoms with Gasteiger partial charge in [0.25, 0.3) is 0 Å². The van der Waals surface area contributed by atoms with Gasteiger partial charge in [0.05, 0.1) is 0 Å². The van der Waals surface area contributed by atoms with Gasteiger partial charge in [-0.05, 0) is 32.6 Å². The van der Waals surface area contributed by atoms with Crippen LogP contribution in [-0.2, 0) is 4.74 Å². The maximum atomic E-state index is 5.42. The summed E-state index contributed by atoms with van der Waals surface area (Å²) in [6.45, 7) is 3.62. The second-order valence-corrected chi connectivity index (χ2v) is 4.02. The maximum absolute atomic E-state index is 5.42. The topological polar surface area (TPSA) is 12.5 Å². The van der Waals surface area contributed by atoms with E-state index in [4.69, 9.17) is 4.74 Å². The molecule has 0 spiro atoms. The van der Waals surface area contributed by atoms with Crippen molar-refractivity contribution < 1.29 is 4.74 Å². The molecule has 0 amide bonds. The lowest BCUT2D eigenvalue weighted by atomic mass is 9.97. The molecule has 2 aliphatic heterocycles. The van der Waals surface area contributed by atoms with Crippen LogP contribution in [0.1, 0.15) is 32.6 Å². The molecular weight excluding hydrogens is 138 g/mol. The molecule has 2 saturated heterocycles. The van der Waals surface area contributed by atoms with Gasteiger partial charge in [-0.15, -0.1) is 0 Å². The van der Waals surface area contributed by atoms with E-state index in [-0.39, 0.29) is 0 Å². The Labute approximate surface area is 68.5 Å². The van der Waals surface area contributed by atoms with Crippen LogP contribution in [0.3, 0.4) is 0 Å². The lowest BCUT2D eigenvalue weighted by molar-refractivity contribution is -0.0241. The van der Waals surface area contributed by atoms with Crippen LogP contribution in [0.25, 0.3) is 0 Å². The summed E-state index contributed by atoms with van der Waals surface area (Å²) in [4.78, 5) is 2.53. The fraction of sp³-hybridized carbons (Fsp3) is 1.00. The lowest BCUT2D eigenvalue weighted by Gasteiger charge is -2.30. The van der Waals surface area contributed by atoms with E-state index in [1.54, 1.807) is 0 Å². The Hall–Kier alpha value is -0.0800. The zero-order chi connectivity index (χ0) is 7.90. The van der Waals surface area contributed by atoms with Crippen molar-refractivity contribution in [2.24, 2.45) is 0 Å². The largest absolute Gasteiger partial charge is 0.366 e. The first kappa shape index (κ1) is 7.56. The fourth-order valence-electron chi connectivity index (χ4n) is 2.64. The molecule has 0 aromatic carbocycles. The molecule has 0 bridgehead atoms. The number of hydrogen-bond donors (Lipinski definition) is 0. The number of fused-ring (bicyclic) bond motifs is 1. The zero-order valence-corrected chi connectivity index (χ0v) is 7.47. The summed E-state index contributed by atoms with van der Waals surface area (Å²) in [5.74, 6) is 0. The summed E-state index contributed by atoms with van der Waals surface area (Å²) >= 11 is 0. The minimum absolute atomic E-state index is 0.419. The van der Waals surface area contributed by atoms with E-state index in [0.717, 1.165) is 0 Å². The van der Waals surface area contributed by atoms with Crippen molar-refractivity contribution in [1.82, 2.24) is 4.90 Å². The van der Waals surface area contributed by atoms with E-state index in [9.17, 15) is 0 Å². The van der Waals surface area contributed by atoms with Crippen molar-refractivity contribution in [1.29, 1.82) is 0 Å². The summed E-state index contributed by atoms with van der Waals surface area (Å²) in [7, 11) is 1.83. The van der Waals surface area contributed by atoms with Gasteiger partial charge in [0.2, 0.25) is 0 Å². The molecule has 0 radical (unpaired) electrons. The van der Waals surface area contributed by atoms with Crippen molar-refractivity contribution >= 4 is 0 Å². The summed E-state index contributed by atoms with van der Waals surface area (Å²) < 4.78 is 5.42. The summed E-state index contributed by atoms with van der Waals surface area (Å²) in [6.07, 6.45) is 5.70. The van der Waals surface area contributed by atoms with Crippen molar-refractivity contribution in [3.8, 4) is 0 Å². The molecule has 11 heavy (non-hydrogen) atoms. The predicted molar refractivity (Wildman–Crippen MR) is 44.4 cm³/mol. The number of methoxy groups -OCH3 is 1. The number of nitrogens with zero attached hydrogens (tertiary/aromatic N) is 1. The van der Waals surface area contributed by atoms with Gasteiger partial charge in [0.1, 0.15) is 6.23 Å². The highest BCUT2D eigenvalue weighted by Crippen LogP contribution is 2.41. The maximum Gasteiger partial charge on any atom is 0.110 e. The summed E-state index contributed by atoms with van der Waals surface area (Å²) in [6, 6.07) is 0.